The number of rotatable bonds is 4. The van der Waals surface area contributed by atoms with Crippen LogP contribution in [0.3, 0.4) is 0 Å². The SMILES string of the molecule is O=C1COc2c(cccc2NS(=O)(=O)Cc2ccc(Cl)cc2)N1. The van der Waals surface area contributed by atoms with Crippen molar-refractivity contribution in [1.29, 1.82) is 0 Å². The van der Waals surface area contributed by atoms with Gasteiger partial charge in [0, 0.05) is 5.02 Å². The fourth-order valence-electron chi connectivity index (χ4n) is 2.20. The van der Waals surface area contributed by atoms with Crippen LogP contribution in [0.5, 0.6) is 5.75 Å². The lowest BCUT2D eigenvalue weighted by Crippen LogP contribution is -2.26. The van der Waals surface area contributed by atoms with Crippen LogP contribution >= 0.6 is 11.6 Å². The topological polar surface area (TPSA) is 84.5 Å². The molecule has 0 unspecified atom stereocenters. The van der Waals surface area contributed by atoms with Crippen molar-refractivity contribution in [2.24, 2.45) is 0 Å². The zero-order valence-electron chi connectivity index (χ0n) is 11.9. The van der Waals surface area contributed by atoms with Crippen molar-refractivity contribution < 1.29 is 17.9 Å². The van der Waals surface area contributed by atoms with Crippen LogP contribution in [-0.2, 0) is 20.6 Å². The van der Waals surface area contributed by atoms with E-state index < -0.39 is 10.0 Å². The van der Waals surface area contributed by atoms with Crippen LogP contribution in [0.4, 0.5) is 11.4 Å². The molecule has 0 aliphatic carbocycles. The molecular weight excluding hydrogens is 340 g/mol. The zero-order valence-corrected chi connectivity index (χ0v) is 13.4. The number of halogens is 1. The number of sulfonamides is 1. The molecule has 0 atom stereocenters. The number of ether oxygens (including phenoxy) is 1. The number of amides is 1. The minimum absolute atomic E-state index is 0.150. The Bertz CT molecular complexity index is 850. The number of benzene rings is 2. The van der Waals surface area contributed by atoms with Gasteiger partial charge in [-0.25, -0.2) is 8.42 Å². The van der Waals surface area contributed by atoms with Gasteiger partial charge in [-0.2, -0.15) is 0 Å². The average molecular weight is 353 g/mol. The third-order valence-electron chi connectivity index (χ3n) is 3.17. The van der Waals surface area contributed by atoms with E-state index in [9.17, 15) is 13.2 Å². The summed E-state index contributed by atoms with van der Waals surface area (Å²) in [5.74, 6) is -0.161. The second-order valence-corrected chi connectivity index (χ2v) is 7.17. The first-order valence-electron chi connectivity index (χ1n) is 6.73. The van der Waals surface area contributed by atoms with Crippen molar-refractivity contribution in [3.63, 3.8) is 0 Å². The maximum Gasteiger partial charge on any atom is 0.262 e. The molecule has 2 aromatic carbocycles. The maximum absolute atomic E-state index is 12.3. The second kappa shape index (κ2) is 6.10. The Hall–Kier alpha value is -2.25. The minimum atomic E-state index is -3.63. The summed E-state index contributed by atoms with van der Waals surface area (Å²) in [5.41, 5.74) is 1.34. The second-order valence-electron chi connectivity index (χ2n) is 5.01. The number of carbonyl (C=O) groups is 1. The van der Waals surface area contributed by atoms with Crippen LogP contribution in [0.25, 0.3) is 0 Å². The summed E-state index contributed by atoms with van der Waals surface area (Å²) >= 11 is 5.79. The normalized spacial score (nSPS) is 13.7. The van der Waals surface area contributed by atoms with E-state index in [4.69, 9.17) is 16.3 Å². The fourth-order valence-corrected chi connectivity index (χ4v) is 3.52. The maximum atomic E-state index is 12.3. The van der Waals surface area contributed by atoms with Gasteiger partial charge in [0.1, 0.15) is 0 Å². The molecule has 1 aliphatic rings. The molecule has 0 spiro atoms. The molecule has 0 bridgehead atoms. The van der Waals surface area contributed by atoms with Crippen molar-refractivity contribution in [1.82, 2.24) is 0 Å². The van der Waals surface area contributed by atoms with Crippen LogP contribution in [-0.4, -0.2) is 20.9 Å². The van der Waals surface area contributed by atoms with Crippen LogP contribution in [0, 0.1) is 0 Å². The summed E-state index contributed by atoms with van der Waals surface area (Å²) in [7, 11) is -3.63. The molecule has 1 amide bonds. The first-order chi connectivity index (χ1) is 10.9. The molecule has 6 nitrogen and oxygen atoms in total. The summed E-state index contributed by atoms with van der Waals surface area (Å²) in [5, 5.41) is 3.17. The Kier molecular flexibility index (Phi) is 4.14. The Morgan fingerprint density at radius 2 is 1.91 bits per heavy atom. The lowest BCUT2D eigenvalue weighted by Gasteiger charge is -2.21. The van der Waals surface area contributed by atoms with E-state index in [0.29, 0.717) is 22.0 Å². The van der Waals surface area contributed by atoms with Gasteiger partial charge in [-0.1, -0.05) is 29.8 Å². The summed E-state index contributed by atoms with van der Waals surface area (Å²) in [4.78, 5) is 11.3. The summed E-state index contributed by atoms with van der Waals surface area (Å²) < 4.78 is 32.4. The van der Waals surface area contributed by atoms with Gasteiger partial charge in [0.2, 0.25) is 10.0 Å². The number of nitrogens with one attached hydrogen (secondary N) is 2. The van der Waals surface area contributed by atoms with E-state index in [1.54, 1.807) is 42.5 Å². The highest BCUT2D eigenvalue weighted by atomic mass is 35.5. The lowest BCUT2D eigenvalue weighted by atomic mass is 10.2. The minimum Gasteiger partial charge on any atom is -0.479 e. The Morgan fingerprint density at radius 3 is 2.65 bits per heavy atom. The van der Waals surface area contributed by atoms with Crippen molar-refractivity contribution in [2.75, 3.05) is 16.6 Å². The molecule has 3 rings (SSSR count). The molecule has 0 saturated heterocycles. The Labute approximate surface area is 138 Å². The third-order valence-corrected chi connectivity index (χ3v) is 4.67. The van der Waals surface area contributed by atoms with Gasteiger partial charge in [-0.05, 0) is 29.8 Å². The number of hydrogen-bond acceptors (Lipinski definition) is 4. The Balaban J connectivity index is 1.82. The van der Waals surface area contributed by atoms with Gasteiger partial charge in [-0.15, -0.1) is 0 Å². The number of anilines is 2. The molecule has 2 N–H and O–H groups in total. The highest BCUT2D eigenvalue weighted by Crippen LogP contribution is 2.36. The lowest BCUT2D eigenvalue weighted by molar-refractivity contribution is -0.118. The highest BCUT2D eigenvalue weighted by Gasteiger charge is 2.21. The van der Waals surface area contributed by atoms with Gasteiger partial charge in [-0.3, -0.25) is 9.52 Å². The van der Waals surface area contributed by atoms with Gasteiger partial charge in [0.15, 0.2) is 12.4 Å². The largest absolute Gasteiger partial charge is 0.479 e. The van der Waals surface area contributed by atoms with Crippen LogP contribution in [0.2, 0.25) is 5.02 Å². The molecule has 23 heavy (non-hydrogen) atoms. The van der Waals surface area contributed by atoms with Crippen molar-refractivity contribution in [2.45, 2.75) is 5.75 Å². The number of carbonyl (C=O) groups excluding carboxylic acids is 1. The van der Waals surface area contributed by atoms with Gasteiger partial charge >= 0.3 is 0 Å². The standard InChI is InChI=1S/C15H13ClN2O4S/c16-11-6-4-10(5-7-11)9-23(20,21)18-13-3-1-2-12-15(13)22-8-14(19)17-12/h1-7,18H,8-9H2,(H,17,19). The van der Waals surface area contributed by atoms with E-state index >= 15 is 0 Å². The third kappa shape index (κ3) is 3.75. The van der Waals surface area contributed by atoms with Crippen LogP contribution < -0.4 is 14.8 Å². The molecule has 0 saturated carbocycles. The first-order valence-corrected chi connectivity index (χ1v) is 8.76. The summed E-state index contributed by atoms with van der Waals surface area (Å²) in [6.07, 6.45) is 0. The van der Waals surface area contributed by atoms with Crippen molar-refractivity contribution in [3.8, 4) is 5.75 Å². The Morgan fingerprint density at radius 1 is 1.17 bits per heavy atom. The van der Waals surface area contributed by atoms with E-state index in [2.05, 4.69) is 10.0 Å². The molecule has 1 heterocycles. The van der Waals surface area contributed by atoms with Crippen LogP contribution in [0.15, 0.2) is 42.5 Å². The molecular formula is C15H13ClN2O4S. The predicted octanol–water partition coefficient (Wildman–Crippen LogP) is 2.61. The van der Waals surface area contributed by atoms with Crippen molar-refractivity contribution >= 4 is 38.9 Å². The quantitative estimate of drug-likeness (QED) is 0.885. The summed E-state index contributed by atoms with van der Waals surface area (Å²) in [6.45, 7) is -0.150. The molecule has 120 valence electrons. The van der Waals surface area contributed by atoms with E-state index in [1.165, 1.54) is 0 Å². The monoisotopic (exact) mass is 352 g/mol. The highest BCUT2D eigenvalue weighted by molar-refractivity contribution is 7.91. The molecule has 0 fully saturated rings. The molecule has 0 aromatic heterocycles. The summed E-state index contributed by atoms with van der Waals surface area (Å²) in [6, 6.07) is 11.4. The predicted molar refractivity (Wildman–Crippen MR) is 88.3 cm³/mol. The zero-order chi connectivity index (χ0) is 16.4. The first kappa shape index (κ1) is 15.6. The number of fused-ring (bicyclic) bond motifs is 1. The smallest absolute Gasteiger partial charge is 0.262 e. The van der Waals surface area contributed by atoms with E-state index in [0.717, 1.165) is 0 Å². The molecule has 2 aromatic rings. The van der Waals surface area contributed by atoms with E-state index in [1.807, 2.05) is 0 Å². The number of para-hydroxylation sites is 1. The fraction of sp³-hybridized carbons (Fsp3) is 0.133. The van der Waals surface area contributed by atoms with E-state index in [-0.39, 0.29) is 24.0 Å². The molecule has 0 radical (unpaired) electrons. The average Bonchev–Trinajstić information content (AvgIpc) is 2.49. The van der Waals surface area contributed by atoms with Gasteiger partial charge in [0.05, 0.1) is 17.1 Å². The van der Waals surface area contributed by atoms with Crippen molar-refractivity contribution in [3.05, 3.63) is 53.1 Å². The molecule has 8 heteroatoms. The van der Waals surface area contributed by atoms with Crippen LogP contribution in [0.1, 0.15) is 5.56 Å². The molecule has 1 aliphatic heterocycles. The van der Waals surface area contributed by atoms with Gasteiger partial charge < -0.3 is 10.1 Å². The number of hydrogen-bond donors (Lipinski definition) is 2. The van der Waals surface area contributed by atoms with Gasteiger partial charge in [0.25, 0.3) is 5.91 Å².